The number of fused-ring (bicyclic) bond motifs is 2. The number of rotatable bonds is 6. The lowest BCUT2D eigenvalue weighted by Gasteiger charge is -2.11. The lowest BCUT2D eigenvalue weighted by atomic mass is 10.0. The number of amides is 1. The van der Waals surface area contributed by atoms with Crippen molar-refractivity contribution in [2.45, 2.75) is 13.1 Å². The van der Waals surface area contributed by atoms with Gasteiger partial charge in [0.1, 0.15) is 0 Å². The number of pyridine rings is 1. The molecule has 190 valence electrons. The number of carbonyl (C=O) groups excluding carboxylic acids is 1. The molecule has 2 aromatic heterocycles. The van der Waals surface area contributed by atoms with Crippen molar-refractivity contribution in [1.82, 2.24) is 20.2 Å². The number of carbonyl (C=O) groups is 1. The van der Waals surface area contributed by atoms with Gasteiger partial charge in [-0.1, -0.05) is 52.0 Å². The predicted molar refractivity (Wildman–Crippen MR) is 158 cm³/mol. The molecule has 3 aromatic carbocycles. The fourth-order valence-corrected chi connectivity index (χ4v) is 4.67. The van der Waals surface area contributed by atoms with Crippen molar-refractivity contribution in [3.8, 4) is 23.1 Å². The highest BCUT2D eigenvalue weighted by Crippen LogP contribution is 2.32. The molecule has 0 bridgehead atoms. The third kappa shape index (κ3) is 5.63. The van der Waals surface area contributed by atoms with E-state index in [0.29, 0.717) is 25.2 Å². The lowest BCUT2D eigenvalue weighted by Crippen LogP contribution is -2.23. The Hall–Kier alpha value is -3.96. The Labute approximate surface area is 230 Å². The molecule has 0 unspecified atom stereocenters. The van der Waals surface area contributed by atoms with E-state index >= 15 is 0 Å². The van der Waals surface area contributed by atoms with Crippen molar-refractivity contribution in [2.75, 3.05) is 20.6 Å². The average molecular weight is 567 g/mol. The minimum atomic E-state index is -0.166. The molecule has 38 heavy (non-hydrogen) atoms. The van der Waals surface area contributed by atoms with Gasteiger partial charge in [0.15, 0.2) is 0 Å². The van der Waals surface area contributed by atoms with Gasteiger partial charge in [-0.25, -0.2) is 4.98 Å². The molecule has 0 atom stereocenters. The summed E-state index contributed by atoms with van der Waals surface area (Å²) in [5.74, 6) is 6.21. The smallest absolute Gasteiger partial charge is 0.252 e. The van der Waals surface area contributed by atoms with Crippen LogP contribution in [0.3, 0.4) is 0 Å². The second-order valence-corrected chi connectivity index (χ2v) is 10.3. The van der Waals surface area contributed by atoms with Gasteiger partial charge in [-0.2, -0.15) is 0 Å². The van der Waals surface area contributed by atoms with Crippen LogP contribution in [-0.2, 0) is 13.1 Å². The maximum absolute atomic E-state index is 13.6. The molecule has 0 aliphatic rings. The first-order chi connectivity index (χ1) is 18.4. The lowest BCUT2D eigenvalue weighted by molar-refractivity contribution is 0.0952. The molecule has 0 radical (unpaired) electrons. The molecule has 4 N–H and O–H groups in total. The van der Waals surface area contributed by atoms with Crippen LogP contribution in [-0.4, -0.2) is 41.4 Å². The number of H-pyrrole nitrogens is 1. The molecule has 7 heteroatoms. The fraction of sp³-hybridized carbons (Fsp3) is 0.161. The van der Waals surface area contributed by atoms with Crippen molar-refractivity contribution in [3.05, 3.63) is 99.7 Å². The largest absolute Gasteiger partial charge is 0.360 e. The fourth-order valence-electron chi connectivity index (χ4n) is 4.30. The van der Waals surface area contributed by atoms with Crippen LogP contribution < -0.4 is 11.1 Å². The molecule has 5 rings (SSSR count). The highest BCUT2D eigenvalue weighted by atomic mass is 79.9. The Morgan fingerprint density at radius 3 is 2.58 bits per heavy atom. The summed E-state index contributed by atoms with van der Waals surface area (Å²) in [6.45, 7) is 1.55. The van der Waals surface area contributed by atoms with Crippen LogP contribution in [0.25, 0.3) is 33.1 Å². The highest BCUT2D eigenvalue weighted by Gasteiger charge is 2.17. The third-order valence-corrected chi connectivity index (χ3v) is 6.81. The molecule has 0 aliphatic heterocycles. The van der Waals surface area contributed by atoms with Gasteiger partial charge in [-0.05, 0) is 67.7 Å². The minimum absolute atomic E-state index is 0.166. The summed E-state index contributed by atoms with van der Waals surface area (Å²) < 4.78 is 0.978. The van der Waals surface area contributed by atoms with E-state index in [9.17, 15) is 4.79 Å². The summed E-state index contributed by atoms with van der Waals surface area (Å²) in [5.41, 5.74) is 12.6. The van der Waals surface area contributed by atoms with E-state index in [1.54, 1.807) is 0 Å². The molecule has 0 spiro atoms. The van der Waals surface area contributed by atoms with Gasteiger partial charge in [-0.15, -0.1) is 0 Å². The van der Waals surface area contributed by atoms with Crippen LogP contribution in [0.1, 0.15) is 27.0 Å². The van der Waals surface area contributed by atoms with E-state index < -0.39 is 0 Å². The summed E-state index contributed by atoms with van der Waals surface area (Å²) in [5, 5.41) is 4.88. The Morgan fingerprint density at radius 2 is 1.82 bits per heavy atom. The van der Waals surface area contributed by atoms with Crippen molar-refractivity contribution in [3.63, 3.8) is 0 Å². The average Bonchev–Trinajstić information content (AvgIpc) is 3.34. The van der Waals surface area contributed by atoms with E-state index in [-0.39, 0.29) is 5.91 Å². The van der Waals surface area contributed by atoms with Crippen LogP contribution in [0.2, 0.25) is 0 Å². The summed E-state index contributed by atoms with van der Waals surface area (Å²) in [6, 6.07) is 21.7. The van der Waals surface area contributed by atoms with E-state index in [4.69, 9.17) is 10.7 Å². The summed E-state index contributed by atoms with van der Waals surface area (Å²) >= 11 is 3.57. The van der Waals surface area contributed by atoms with Crippen LogP contribution in [0, 0.1) is 11.8 Å². The Kier molecular flexibility index (Phi) is 7.57. The van der Waals surface area contributed by atoms with Gasteiger partial charge in [0, 0.05) is 51.2 Å². The highest BCUT2D eigenvalue weighted by molar-refractivity contribution is 9.10. The summed E-state index contributed by atoms with van der Waals surface area (Å²) in [7, 11) is 3.96. The number of nitrogens with two attached hydrogens (primary N) is 1. The van der Waals surface area contributed by atoms with E-state index in [1.165, 1.54) is 0 Å². The number of hydrogen-bond acceptors (Lipinski definition) is 4. The molecular formula is C31H28BrN5O. The number of aromatic nitrogens is 2. The molecule has 6 nitrogen and oxygen atoms in total. The second kappa shape index (κ2) is 11.2. The van der Waals surface area contributed by atoms with Crippen molar-refractivity contribution in [1.29, 1.82) is 0 Å². The minimum Gasteiger partial charge on any atom is -0.360 e. The molecule has 1 amide bonds. The van der Waals surface area contributed by atoms with Crippen LogP contribution in [0.4, 0.5) is 0 Å². The zero-order chi connectivity index (χ0) is 26.6. The first-order valence-electron chi connectivity index (χ1n) is 12.3. The summed E-state index contributed by atoms with van der Waals surface area (Å²) in [6.07, 6.45) is 1.94. The first kappa shape index (κ1) is 25.7. The van der Waals surface area contributed by atoms with Gasteiger partial charge in [0.05, 0.1) is 23.3 Å². The van der Waals surface area contributed by atoms with Crippen LogP contribution in [0.5, 0.6) is 0 Å². The quantitative estimate of drug-likeness (QED) is 0.239. The maximum Gasteiger partial charge on any atom is 0.252 e. The number of halogens is 1. The normalized spacial score (nSPS) is 11.1. The number of benzene rings is 3. The number of hydrogen-bond donors (Lipinski definition) is 3. The van der Waals surface area contributed by atoms with Gasteiger partial charge in [0.2, 0.25) is 0 Å². The SMILES string of the molecule is CN(C)CC#Cc1ccc2nc(-c3c[nH]c4ccc(Br)cc34)cc(C(=O)NCc3ccc(CN)cc3)c2c1. The summed E-state index contributed by atoms with van der Waals surface area (Å²) in [4.78, 5) is 23.9. The monoisotopic (exact) mass is 565 g/mol. The molecule has 0 saturated carbocycles. The second-order valence-electron chi connectivity index (χ2n) is 9.42. The predicted octanol–water partition coefficient (Wildman–Crippen LogP) is 5.45. The van der Waals surface area contributed by atoms with Crippen molar-refractivity contribution in [2.24, 2.45) is 5.73 Å². The van der Waals surface area contributed by atoms with Gasteiger partial charge < -0.3 is 16.0 Å². The van der Waals surface area contributed by atoms with Gasteiger partial charge in [-0.3, -0.25) is 9.69 Å². The first-order valence-corrected chi connectivity index (χ1v) is 13.1. The Morgan fingerprint density at radius 1 is 1.03 bits per heavy atom. The number of aromatic amines is 1. The molecule has 0 saturated heterocycles. The standard InChI is InChI=1S/C31H28BrN5O/c1-37(2)13-3-4-20-9-11-29-24(14-20)26(31(38)35-18-22-7-5-21(17-33)6-8-22)16-30(36-29)27-19-34-28-12-10-23(32)15-25(27)28/h5-12,14-16,19,34H,13,17-18,33H2,1-2H3,(H,35,38). The molecule has 0 fully saturated rings. The molecule has 0 aliphatic carbocycles. The van der Waals surface area contributed by atoms with E-state index in [2.05, 4.69) is 44.1 Å². The van der Waals surface area contributed by atoms with Crippen molar-refractivity contribution >= 4 is 43.6 Å². The number of nitrogens with zero attached hydrogens (tertiary/aromatic N) is 2. The maximum atomic E-state index is 13.6. The third-order valence-electron chi connectivity index (χ3n) is 6.31. The number of nitrogens with one attached hydrogen (secondary N) is 2. The van der Waals surface area contributed by atoms with Crippen LogP contribution in [0.15, 0.2) is 77.4 Å². The Balaban J connectivity index is 1.56. The topological polar surface area (TPSA) is 87.0 Å². The van der Waals surface area contributed by atoms with E-state index in [1.807, 2.05) is 85.9 Å². The van der Waals surface area contributed by atoms with Gasteiger partial charge in [0.25, 0.3) is 5.91 Å². The zero-order valence-corrected chi connectivity index (χ0v) is 22.9. The molecular weight excluding hydrogens is 538 g/mol. The Bertz CT molecular complexity index is 1690. The van der Waals surface area contributed by atoms with E-state index in [0.717, 1.165) is 54.2 Å². The molecule has 5 aromatic rings. The van der Waals surface area contributed by atoms with Gasteiger partial charge >= 0.3 is 0 Å². The zero-order valence-electron chi connectivity index (χ0n) is 21.3. The van der Waals surface area contributed by atoms with Crippen molar-refractivity contribution < 1.29 is 4.79 Å². The molecule has 2 heterocycles. The van der Waals surface area contributed by atoms with Crippen LogP contribution >= 0.6 is 15.9 Å².